The van der Waals surface area contributed by atoms with Gasteiger partial charge in [-0.15, -0.1) is 0 Å². The van der Waals surface area contributed by atoms with Crippen molar-refractivity contribution in [2.24, 2.45) is 5.73 Å². The molecule has 3 N–H and O–H groups in total. The number of rotatable bonds is 5. The van der Waals surface area contributed by atoms with Gasteiger partial charge in [0, 0.05) is 11.6 Å². The fraction of sp³-hybridized carbons (Fsp3) is 0.909. The van der Waals surface area contributed by atoms with Crippen molar-refractivity contribution in [1.82, 2.24) is 5.32 Å². The molecule has 1 amide bonds. The third-order valence-corrected chi connectivity index (χ3v) is 2.67. The summed E-state index contributed by atoms with van der Waals surface area (Å²) in [6.45, 7) is 4.48. The summed E-state index contributed by atoms with van der Waals surface area (Å²) < 4.78 is 5.35. The molecule has 15 heavy (non-hydrogen) atoms. The Bertz CT molecular complexity index is 211. The molecule has 0 aromatic heterocycles. The maximum Gasteiger partial charge on any atom is 0.246 e. The van der Waals surface area contributed by atoms with E-state index in [1.807, 2.05) is 13.8 Å². The molecule has 4 nitrogen and oxygen atoms in total. The number of amides is 1. The molecule has 0 atom stereocenters. The molecule has 0 saturated heterocycles. The van der Waals surface area contributed by atoms with E-state index in [1.54, 1.807) is 0 Å². The molecular formula is C11H22N2O2. The van der Waals surface area contributed by atoms with E-state index in [9.17, 15) is 4.79 Å². The summed E-state index contributed by atoms with van der Waals surface area (Å²) in [4.78, 5) is 11.3. The molecule has 0 unspecified atom stereocenters. The number of nitrogens with two attached hydrogens (primary N) is 1. The van der Waals surface area contributed by atoms with Gasteiger partial charge in [0.25, 0.3) is 0 Å². The molecule has 0 heterocycles. The first-order valence-electron chi connectivity index (χ1n) is 5.68. The van der Waals surface area contributed by atoms with E-state index >= 15 is 0 Å². The largest absolute Gasteiger partial charge is 0.370 e. The average Bonchev–Trinajstić information content (AvgIpc) is 2.51. The number of carbonyl (C=O) groups excluding carboxylic acids is 1. The quantitative estimate of drug-likeness (QED) is 0.711. The van der Waals surface area contributed by atoms with Crippen molar-refractivity contribution in [3.63, 3.8) is 0 Å². The van der Waals surface area contributed by atoms with Crippen LogP contribution in [0.25, 0.3) is 0 Å². The normalized spacial score (nSPS) is 19.5. The van der Waals surface area contributed by atoms with Crippen LogP contribution in [-0.4, -0.2) is 30.7 Å². The van der Waals surface area contributed by atoms with Crippen LogP contribution in [0.4, 0.5) is 0 Å². The van der Waals surface area contributed by atoms with E-state index in [0.717, 1.165) is 12.8 Å². The highest BCUT2D eigenvalue weighted by Crippen LogP contribution is 2.27. The molecule has 1 saturated carbocycles. The molecule has 1 aliphatic rings. The first-order chi connectivity index (χ1) is 7.02. The first-order valence-corrected chi connectivity index (χ1v) is 5.68. The Morgan fingerprint density at radius 1 is 1.47 bits per heavy atom. The van der Waals surface area contributed by atoms with E-state index in [1.165, 1.54) is 12.8 Å². The number of carbonyl (C=O) groups is 1. The lowest BCUT2D eigenvalue weighted by Crippen LogP contribution is -2.43. The predicted molar refractivity (Wildman–Crippen MR) is 59.5 cm³/mol. The highest BCUT2D eigenvalue weighted by atomic mass is 16.5. The van der Waals surface area contributed by atoms with Crippen LogP contribution >= 0.6 is 0 Å². The van der Waals surface area contributed by atoms with Crippen molar-refractivity contribution in [3.05, 3.63) is 0 Å². The van der Waals surface area contributed by atoms with Crippen LogP contribution in [-0.2, 0) is 9.53 Å². The molecule has 0 spiro atoms. The Morgan fingerprint density at radius 2 is 2.07 bits per heavy atom. The molecule has 0 aromatic carbocycles. The molecule has 0 bridgehead atoms. The van der Waals surface area contributed by atoms with Gasteiger partial charge in [0.1, 0.15) is 6.61 Å². The Balaban J connectivity index is 2.12. The summed E-state index contributed by atoms with van der Waals surface area (Å²) in [5, 5.41) is 2.78. The van der Waals surface area contributed by atoms with Gasteiger partial charge in [0.05, 0.1) is 6.61 Å². The lowest BCUT2D eigenvalue weighted by atomic mass is 10.0. The maximum atomic E-state index is 11.3. The molecule has 1 aliphatic carbocycles. The standard InChI is InChI=1S/C11H22N2O2/c1-9(2)13-10(14)7-15-8-11(12)5-3-4-6-11/h9H,3-8,12H2,1-2H3,(H,13,14). The minimum absolute atomic E-state index is 0.0633. The number of hydrogen-bond donors (Lipinski definition) is 2. The van der Waals surface area contributed by atoms with Crippen molar-refractivity contribution < 1.29 is 9.53 Å². The number of nitrogens with one attached hydrogen (secondary N) is 1. The molecule has 0 aromatic rings. The molecule has 1 fully saturated rings. The summed E-state index contributed by atoms with van der Waals surface area (Å²) in [7, 11) is 0. The highest BCUT2D eigenvalue weighted by molar-refractivity contribution is 5.77. The topological polar surface area (TPSA) is 64.3 Å². The summed E-state index contributed by atoms with van der Waals surface area (Å²) >= 11 is 0. The van der Waals surface area contributed by atoms with Gasteiger partial charge >= 0.3 is 0 Å². The summed E-state index contributed by atoms with van der Waals surface area (Å²) in [5.74, 6) is -0.0633. The fourth-order valence-electron chi connectivity index (χ4n) is 1.93. The second-order valence-electron chi connectivity index (χ2n) is 4.78. The van der Waals surface area contributed by atoms with Gasteiger partial charge in [-0.05, 0) is 26.7 Å². The smallest absolute Gasteiger partial charge is 0.246 e. The van der Waals surface area contributed by atoms with Gasteiger partial charge < -0.3 is 15.8 Å². The van der Waals surface area contributed by atoms with E-state index in [4.69, 9.17) is 10.5 Å². The van der Waals surface area contributed by atoms with Crippen molar-refractivity contribution in [2.75, 3.05) is 13.2 Å². The van der Waals surface area contributed by atoms with Crippen LogP contribution in [0.15, 0.2) is 0 Å². The lowest BCUT2D eigenvalue weighted by Gasteiger charge is -2.23. The number of hydrogen-bond acceptors (Lipinski definition) is 3. The molecule has 88 valence electrons. The summed E-state index contributed by atoms with van der Waals surface area (Å²) in [5.41, 5.74) is 5.91. The van der Waals surface area contributed by atoms with Crippen molar-refractivity contribution in [1.29, 1.82) is 0 Å². The SMILES string of the molecule is CC(C)NC(=O)COCC1(N)CCCC1. The lowest BCUT2D eigenvalue weighted by molar-refractivity contribution is -0.126. The van der Waals surface area contributed by atoms with Crippen LogP contribution in [0.1, 0.15) is 39.5 Å². The Morgan fingerprint density at radius 3 is 2.60 bits per heavy atom. The predicted octanol–water partition coefficient (Wildman–Crippen LogP) is 0.799. The Kier molecular flexibility index (Phi) is 4.54. The number of ether oxygens (including phenoxy) is 1. The molecule has 1 rings (SSSR count). The van der Waals surface area contributed by atoms with E-state index < -0.39 is 0 Å². The van der Waals surface area contributed by atoms with E-state index in [2.05, 4.69) is 5.32 Å². The zero-order valence-corrected chi connectivity index (χ0v) is 9.71. The van der Waals surface area contributed by atoms with Gasteiger partial charge in [-0.2, -0.15) is 0 Å². The van der Waals surface area contributed by atoms with Crippen molar-refractivity contribution in [2.45, 2.75) is 51.1 Å². The van der Waals surface area contributed by atoms with Gasteiger partial charge in [-0.25, -0.2) is 0 Å². The van der Waals surface area contributed by atoms with Gasteiger partial charge in [0.2, 0.25) is 5.91 Å². The second-order valence-corrected chi connectivity index (χ2v) is 4.78. The second kappa shape index (κ2) is 5.47. The van der Waals surface area contributed by atoms with Gasteiger partial charge in [-0.1, -0.05) is 12.8 Å². The van der Waals surface area contributed by atoms with Crippen molar-refractivity contribution >= 4 is 5.91 Å². The Hall–Kier alpha value is -0.610. The monoisotopic (exact) mass is 214 g/mol. The van der Waals surface area contributed by atoms with Gasteiger partial charge in [-0.3, -0.25) is 4.79 Å². The molecule has 4 heteroatoms. The van der Waals surface area contributed by atoms with Crippen LogP contribution in [0.5, 0.6) is 0 Å². The highest BCUT2D eigenvalue weighted by Gasteiger charge is 2.29. The zero-order chi connectivity index (χ0) is 11.3. The average molecular weight is 214 g/mol. The van der Waals surface area contributed by atoms with E-state index in [0.29, 0.717) is 6.61 Å². The first kappa shape index (κ1) is 12.5. The van der Waals surface area contributed by atoms with Crippen LogP contribution < -0.4 is 11.1 Å². The molecule has 0 radical (unpaired) electrons. The van der Waals surface area contributed by atoms with Crippen LogP contribution in [0.3, 0.4) is 0 Å². The third-order valence-electron chi connectivity index (χ3n) is 2.67. The zero-order valence-electron chi connectivity index (χ0n) is 9.71. The Labute approximate surface area is 91.5 Å². The summed E-state index contributed by atoms with van der Waals surface area (Å²) in [6.07, 6.45) is 4.38. The van der Waals surface area contributed by atoms with Gasteiger partial charge in [0.15, 0.2) is 0 Å². The minimum atomic E-state index is -0.182. The van der Waals surface area contributed by atoms with Crippen LogP contribution in [0, 0.1) is 0 Å². The van der Waals surface area contributed by atoms with Crippen LogP contribution in [0.2, 0.25) is 0 Å². The molecule has 0 aliphatic heterocycles. The minimum Gasteiger partial charge on any atom is -0.370 e. The van der Waals surface area contributed by atoms with Crippen molar-refractivity contribution in [3.8, 4) is 0 Å². The fourth-order valence-corrected chi connectivity index (χ4v) is 1.93. The maximum absolute atomic E-state index is 11.3. The van der Waals surface area contributed by atoms with E-state index in [-0.39, 0.29) is 24.1 Å². The molecular weight excluding hydrogens is 192 g/mol. The third kappa shape index (κ3) is 4.62. The summed E-state index contributed by atoms with van der Waals surface area (Å²) in [6, 6.07) is 0.166.